The van der Waals surface area contributed by atoms with Gasteiger partial charge in [-0.05, 0) is 62.5 Å². The molecule has 1 heterocycles. The molecule has 0 radical (unpaired) electrons. The summed E-state index contributed by atoms with van der Waals surface area (Å²) in [5, 5.41) is 9.12. The number of nitrogens with one attached hydrogen (secondary N) is 2. The maximum Gasteiger partial charge on any atom is 0.175 e. The van der Waals surface area contributed by atoms with E-state index < -0.39 is 0 Å². The van der Waals surface area contributed by atoms with Crippen molar-refractivity contribution in [3.63, 3.8) is 0 Å². The number of hydrogen-bond donors (Lipinski definition) is 2. The van der Waals surface area contributed by atoms with E-state index in [1.54, 1.807) is 13.0 Å². The van der Waals surface area contributed by atoms with Crippen LogP contribution in [0.15, 0.2) is 60.7 Å². The summed E-state index contributed by atoms with van der Waals surface area (Å²) in [6.07, 6.45) is 0. The summed E-state index contributed by atoms with van der Waals surface area (Å²) in [6, 6.07) is 19.5. The predicted molar refractivity (Wildman–Crippen MR) is 116 cm³/mol. The molecule has 4 rings (SSSR count). The topological polar surface area (TPSA) is 29.0 Å². The molecule has 0 saturated carbocycles. The Kier molecular flexibility index (Phi) is 4.54. The second kappa shape index (κ2) is 7.00. The third kappa shape index (κ3) is 3.15. The number of nitrogens with zero attached hydrogens (tertiary/aromatic N) is 1. The van der Waals surface area contributed by atoms with Gasteiger partial charge in [-0.1, -0.05) is 24.3 Å². The Labute approximate surface area is 162 Å². The molecule has 2 N–H and O–H groups in total. The third-order valence-corrected chi connectivity index (χ3v) is 5.07. The molecule has 27 heavy (non-hydrogen) atoms. The van der Waals surface area contributed by atoms with Crippen LogP contribution < -0.4 is 10.6 Å². The predicted octanol–water partition coefficient (Wildman–Crippen LogP) is 6.07. The lowest BCUT2D eigenvalue weighted by Crippen LogP contribution is -2.19. The lowest BCUT2D eigenvalue weighted by Gasteiger charge is -2.13. The van der Waals surface area contributed by atoms with Gasteiger partial charge in [0.05, 0.1) is 0 Å². The highest BCUT2D eigenvalue weighted by atomic mass is 32.1. The van der Waals surface area contributed by atoms with Crippen LogP contribution >= 0.6 is 12.2 Å². The van der Waals surface area contributed by atoms with Crippen LogP contribution in [0, 0.1) is 12.7 Å². The third-order valence-electron chi connectivity index (χ3n) is 4.86. The second-order valence-electron chi connectivity index (χ2n) is 6.48. The largest absolute Gasteiger partial charge is 0.341 e. The molecule has 0 aliphatic rings. The van der Waals surface area contributed by atoms with Crippen LogP contribution in [-0.4, -0.2) is 9.68 Å². The van der Waals surface area contributed by atoms with Crippen molar-refractivity contribution < 1.29 is 4.39 Å². The molecule has 1 aromatic heterocycles. The Morgan fingerprint density at radius 1 is 0.963 bits per heavy atom. The van der Waals surface area contributed by atoms with Gasteiger partial charge in [0.1, 0.15) is 5.82 Å². The molecule has 0 unspecified atom stereocenters. The quantitative estimate of drug-likeness (QED) is 0.425. The van der Waals surface area contributed by atoms with Gasteiger partial charge >= 0.3 is 0 Å². The number of aromatic nitrogens is 1. The van der Waals surface area contributed by atoms with Gasteiger partial charge in [0.25, 0.3) is 0 Å². The molecule has 3 aromatic carbocycles. The molecular weight excluding hydrogens is 357 g/mol. The van der Waals surface area contributed by atoms with Crippen LogP contribution in [0.25, 0.3) is 21.8 Å². The minimum atomic E-state index is -0.253. The number of hydrogen-bond acceptors (Lipinski definition) is 1. The standard InChI is InChI=1S/C22H20FN3S/c1-3-26-20-10-5-4-7-16(20)17-13-15(11-12-21(17)26)24-22(27)25-19-9-6-8-18(23)14(19)2/h4-13H,3H2,1-2H3,(H2,24,25,27). The van der Waals surface area contributed by atoms with E-state index in [4.69, 9.17) is 12.2 Å². The minimum Gasteiger partial charge on any atom is -0.341 e. The number of benzene rings is 3. The molecule has 0 spiro atoms. The van der Waals surface area contributed by atoms with Gasteiger partial charge in [-0.15, -0.1) is 0 Å². The van der Waals surface area contributed by atoms with Crippen molar-refractivity contribution in [2.24, 2.45) is 0 Å². The van der Waals surface area contributed by atoms with Crippen LogP contribution in [0.2, 0.25) is 0 Å². The molecule has 136 valence electrons. The van der Waals surface area contributed by atoms with Crippen molar-refractivity contribution in [3.8, 4) is 0 Å². The summed E-state index contributed by atoms with van der Waals surface area (Å²) in [5.74, 6) is -0.253. The fourth-order valence-corrected chi connectivity index (χ4v) is 3.73. The van der Waals surface area contributed by atoms with E-state index in [0.29, 0.717) is 16.4 Å². The zero-order chi connectivity index (χ0) is 19.0. The first-order valence-electron chi connectivity index (χ1n) is 8.92. The van der Waals surface area contributed by atoms with Crippen LogP contribution in [0.4, 0.5) is 15.8 Å². The molecule has 0 bridgehead atoms. The van der Waals surface area contributed by atoms with Gasteiger partial charge in [0, 0.05) is 45.3 Å². The molecule has 0 aliphatic heterocycles. The number of fused-ring (bicyclic) bond motifs is 3. The van der Waals surface area contributed by atoms with Crippen molar-refractivity contribution in [1.29, 1.82) is 0 Å². The Hall–Kier alpha value is -2.92. The van der Waals surface area contributed by atoms with E-state index >= 15 is 0 Å². The van der Waals surface area contributed by atoms with Gasteiger partial charge in [0.2, 0.25) is 0 Å². The normalized spacial score (nSPS) is 11.1. The lowest BCUT2D eigenvalue weighted by atomic mass is 10.1. The van der Waals surface area contributed by atoms with Crippen LogP contribution in [0.5, 0.6) is 0 Å². The summed E-state index contributed by atoms with van der Waals surface area (Å²) >= 11 is 5.42. The number of rotatable bonds is 3. The monoisotopic (exact) mass is 377 g/mol. The zero-order valence-electron chi connectivity index (χ0n) is 15.2. The average molecular weight is 377 g/mol. The molecular formula is C22H20FN3S. The molecule has 3 nitrogen and oxygen atoms in total. The number of anilines is 2. The van der Waals surface area contributed by atoms with Gasteiger partial charge in [-0.2, -0.15) is 0 Å². The second-order valence-corrected chi connectivity index (χ2v) is 6.89. The van der Waals surface area contributed by atoms with Gasteiger partial charge in [-0.3, -0.25) is 0 Å². The molecule has 5 heteroatoms. The summed E-state index contributed by atoms with van der Waals surface area (Å²) < 4.78 is 16.0. The highest BCUT2D eigenvalue weighted by molar-refractivity contribution is 7.80. The molecule has 0 saturated heterocycles. The lowest BCUT2D eigenvalue weighted by molar-refractivity contribution is 0.619. The fourth-order valence-electron chi connectivity index (χ4n) is 3.50. The number of halogens is 1. The van der Waals surface area contributed by atoms with Gasteiger partial charge in [0.15, 0.2) is 5.11 Å². The van der Waals surface area contributed by atoms with Gasteiger partial charge < -0.3 is 15.2 Å². The SMILES string of the molecule is CCn1c2ccccc2c2cc(NC(=S)Nc3cccc(F)c3C)ccc21. The van der Waals surface area contributed by atoms with Crippen molar-refractivity contribution in [1.82, 2.24) is 4.57 Å². The maximum atomic E-state index is 13.7. The van der Waals surface area contributed by atoms with Crippen molar-refractivity contribution in [3.05, 3.63) is 72.0 Å². The molecule has 0 atom stereocenters. The molecule has 4 aromatic rings. The smallest absolute Gasteiger partial charge is 0.175 e. The van der Waals surface area contributed by atoms with Gasteiger partial charge in [-0.25, -0.2) is 4.39 Å². The number of para-hydroxylation sites is 1. The Bertz CT molecular complexity index is 1160. The Morgan fingerprint density at radius 2 is 1.74 bits per heavy atom. The van der Waals surface area contributed by atoms with Crippen LogP contribution in [-0.2, 0) is 6.54 Å². The number of thiocarbonyl (C=S) groups is 1. The van der Waals surface area contributed by atoms with Crippen LogP contribution in [0.3, 0.4) is 0 Å². The van der Waals surface area contributed by atoms with E-state index in [0.717, 1.165) is 12.2 Å². The highest BCUT2D eigenvalue weighted by Crippen LogP contribution is 2.31. The van der Waals surface area contributed by atoms with Crippen molar-refractivity contribution in [2.45, 2.75) is 20.4 Å². The Balaban J connectivity index is 1.65. The van der Waals surface area contributed by atoms with E-state index in [1.165, 1.54) is 27.9 Å². The fraction of sp³-hybridized carbons (Fsp3) is 0.136. The van der Waals surface area contributed by atoms with E-state index in [-0.39, 0.29) is 5.82 Å². The summed E-state index contributed by atoms with van der Waals surface area (Å²) in [6.45, 7) is 4.79. The first kappa shape index (κ1) is 17.5. The molecule has 0 fully saturated rings. The van der Waals surface area contributed by atoms with Crippen molar-refractivity contribution in [2.75, 3.05) is 10.6 Å². The molecule has 0 amide bonds. The molecule has 0 aliphatic carbocycles. The average Bonchev–Trinajstić information content (AvgIpc) is 2.98. The summed E-state index contributed by atoms with van der Waals surface area (Å²) in [5.41, 5.74) is 4.53. The van der Waals surface area contributed by atoms with Crippen molar-refractivity contribution >= 4 is 50.5 Å². The first-order valence-corrected chi connectivity index (χ1v) is 9.33. The van der Waals surface area contributed by atoms with E-state index in [9.17, 15) is 4.39 Å². The van der Waals surface area contributed by atoms with Crippen LogP contribution in [0.1, 0.15) is 12.5 Å². The summed E-state index contributed by atoms with van der Waals surface area (Å²) in [7, 11) is 0. The van der Waals surface area contributed by atoms with E-state index in [2.05, 4.69) is 58.5 Å². The van der Waals surface area contributed by atoms with E-state index in [1.807, 2.05) is 12.1 Å². The summed E-state index contributed by atoms with van der Waals surface area (Å²) in [4.78, 5) is 0. The number of aryl methyl sites for hydroxylation is 1. The highest BCUT2D eigenvalue weighted by Gasteiger charge is 2.10. The zero-order valence-corrected chi connectivity index (χ0v) is 16.0. The first-order chi connectivity index (χ1) is 13.1. The minimum absolute atomic E-state index is 0.253. The maximum absolute atomic E-state index is 13.7. The Morgan fingerprint density at radius 3 is 2.56 bits per heavy atom.